The van der Waals surface area contributed by atoms with Crippen LogP contribution in [-0.2, 0) is 9.53 Å². The fourth-order valence-electron chi connectivity index (χ4n) is 1.86. The van der Waals surface area contributed by atoms with Gasteiger partial charge in [-0.1, -0.05) is 12.1 Å². The second kappa shape index (κ2) is 8.21. The number of carboxylic acid groups (broad SMARTS) is 1. The molecule has 0 saturated heterocycles. The van der Waals surface area contributed by atoms with Crippen molar-refractivity contribution < 1.29 is 23.8 Å². The molecule has 0 radical (unpaired) electrons. The van der Waals surface area contributed by atoms with Crippen molar-refractivity contribution in [2.45, 2.75) is 6.92 Å². The number of rotatable bonds is 7. The van der Waals surface area contributed by atoms with E-state index in [1.165, 1.54) is 30.2 Å². The Morgan fingerprint density at radius 1 is 1.33 bits per heavy atom. The summed E-state index contributed by atoms with van der Waals surface area (Å²) in [4.78, 5) is 25.6. The molecule has 0 spiro atoms. The number of aliphatic carboxylic acids is 1. The minimum atomic E-state index is -1.14. The zero-order valence-corrected chi connectivity index (χ0v) is 12.1. The molecule has 0 aromatic heterocycles. The Balaban J connectivity index is 2.98. The van der Waals surface area contributed by atoms with Crippen molar-refractivity contribution in [1.82, 2.24) is 4.90 Å². The molecule has 116 valence electrons. The van der Waals surface area contributed by atoms with Gasteiger partial charge in [0.05, 0.1) is 12.3 Å². The van der Waals surface area contributed by atoms with Crippen molar-refractivity contribution in [3.05, 3.63) is 30.1 Å². The number of carbonyl (C=O) groups is 2. The number of nitrogens with zero attached hydrogens (tertiary/aromatic N) is 2. The van der Waals surface area contributed by atoms with Crippen LogP contribution in [0.1, 0.15) is 6.92 Å². The first-order chi connectivity index (χ1) is 10.0. The Bertz CT molecular complexity index is 496. The minimum absolute atomic E-state index is 0.118. The molecule has 1 N–H and O–H groups in total. The third-order valence-electron chi connectivity index (χ3n) is 2.85. The van der Waals surface area contributed by atoms with Gasteiger partial charge in [0.2, 0.25) is 0 Å². The predicted molar refractivity (Wildman–Crippen MR) is 75.9 cm³/mol. The molecule has 1 aromatic carbocycles. The molecule has 1 aromatic rings. The Hall–Kier alpha value is -2.15. The molecule has 6 nitrogen and oxygen atoms in total. The third kappa shape index (κ3) is 4.71. The number of anilines is 1. The van der Waals surface area contributed by atoms with Gasteiger partial charge in [-0.2, -0.15) is 0 Å². The Kier molecular flexibility index (Phi) is 6.61. The number of hydrogen-bond donors (Lipinski definition) is 1. The molecule has 0 bridgehead atoms. The second-order valence-electron chi connectivity index (χ2n) is 4.29. The van der Waals surface area contributed by atoms with Crippen molar-refractivity contribution in [1.29, 1.82) is 0 Å². The van der Waals surface area contributed by atoms with Crippen LogP contribution in [0.5, 0.6) is 0 Å². The van der Waals surface area contributed by atoms with E-state index in [-0.39, 0.29) is 25.4 Å². The average molecular weight is 298 g/mol. The molecule has 0 aliphatic carbocycles. The van der Waals surface area contributed by atoms with E-state index in [0.29, 0.717) is 0 Å². The summed E-state index contributed by atoms with van der Waals surface area (Å²) < 4.78 is 18.7. The fraction of sp³-hybridized carbons (Fsp3) is 0.429. The van der Waals surface area contributed by atoms with Crippen LogP contribution in [0.3, 0.4) is 0 Å². The molecular weight excluding hydrogens is 279 g/mol. The van der Waals surface area contributed by atoms with Crippen LogP contribution in [0, 0.1) is 5.82 Å². The molecule has 2 amide bonds. The SMILES string of the molecule is CCN(C(=O)N(CCOC)CC(=O)O)c1ccccc1F. The van der Waals surface area contributed by atoms with Crippen LogP contribution in [-0.4, -0.2) is 55.4 Å². The highest BCUT2D eigenvalue weighted by Crippen LogP contribution is 2.19. The number of amides is 2. The molecule has 0 heterocycles. The summed E-state index contributed by atoms with van der Waals surface area (Å²) in [7, 11) is 1.46. The van der Waals surface area contributed by atoms with Crippen LogP contribution in [0.25, 0.3) is 0 Å². The maximum Gasteiger partial charge on any atom is 0.325 e. The van der Waals surface area contributed by atoms with Gasteiger partial charge in [-0.25, -0.2) is 9.18 Å². The minimum Gasteiger partial charge on any atom is -0.480 e. The summed E-state index contributed by atoms with van der Waals surface area (Å²) >= 11 is 0. The first kappa shape index (κ1) is 16.9. The van der Waals surface area contributed by atoms with Crippen molar-refractivity contribution in [2.75, 3.05) is 38.3 Å². The van der Waals surface area contributed by atoms with E-state index in [0.717, 1.165) is 4.90 Å². The molecule has 0 fully saturated rings. The van der Waals surface area contributed by atoms with Gasteiger partial charge in [-0.15, -0.1) is 0 Å². The summed E-state index contributed by atoms with van der Waals surface area (Å²) in [6, 6.07) is 5.30. The molecule has 7 heteroatoms. The highest BCUT2D eigenvalue weighted by molar-refractivity contribution is 5.93. The predicted octanol–water partition coefficient (Wildman–Crippen LogP) is 1.80. The van der Waals surface area contributed by atoms with E-state index >= 15 is 0 Å². The van der Waals surface area contributed by atoms with Crippen molar-refractivity contribution in [3.8, 4) is 0 Å². The number of benzene rings is 1. The number of halogens is 1. The fourth-order valence-corrected chi connectivity index (χ4v) is 1.86. The largest absolute Gasteiger partial charge is 0.480 e. The lowest BCUT2D eigenvalue weighted by Gasteiger charge is -2.29. The topological polar surface area (TPSA) is 70.1 Å². The quantitative estimate of drug-likeness (QED) is 0.833. The summed E-state index contributed by atoms with van der Waals surface area (Å²) in [5.74, 6) is -1.67. The number of methoxy groups -OCH3 is 1. The first-order valence-electron chi connectivity index (χ1n) is 6.53. The van der Waals surface area contributed by atoms with E-state index in [1.807, 2.05) is 0 Å². The number of ether oxygens (including phenoxy) is 1. The second-order valence-corrected chi connectivity index (χ2v) is 4.29. The van der Waals surface area contributed by atoms with E-state index in [4.69, 9.17) is 9.84 Å². The van der Waals surface area contributed by atoms with Crippen LogP contribution in [0.15, 0.2) is 24.3 Å². The Morgan fingerprint density at radius 3 is 2.52 bits per heavy atom. The molecule has 0 atom stereocenters. The van der Waals surface area contributed by atoms with E-state index in [9.17, 15) is 14.0 Å². The van der Waals surface area contributed by atoms with Crippen molar-refractivity contribution in [3.63, 3.8) is 0 Å². The molecule has 0 unspecified atom stereocenters. The molecule has 1 rings (SSSR count). The molecule has 0 aliphatic rings. The van der Waals surface area contributed by atoms with Crippen LogP contribution in [0.2, 0.25) is 0 Å². The summed E-state index contributed by atoms with van der Waals surface area (Å²) in [6.45, 7) is 1.77. The summed E-state index contributed by atoms with van der Waals surface area (Å²) in [5, 5.41) is 8.88. The third-order valence-corrected chi connectivity index (χ3v) is 2.85. The lowest BCUT2D eigenvalue weighted by Crippen LogP contribution is -2.47. The van der Waals surface area contributed by atoms with E-state index < -0.39 is 24.4 Å². The van der Waals surface area contributed by atoms with Crippen LogP contribution in [0.4, 0.5) is 14.9 Å². The van der Waals surface area contributed by atoms with E-state index in [2.05, 4.69) is 0 Å². The Morgan fingerprint density at radius 2 is 2.00 bits per heavy atom. The van der Waals surface area contributed by atoms with Crippen LogP contribution >= 0.6 is 0 Å². The van der Waals surface area contributed by atoms with Gasteiger partial charge in [0.15, 0.2) is 0 Å². The summed E-state index contributed by atoms with van der Waals surface area (Å²) in [6.07, 6.45) is 0. The normalized spacial score (nSPS) is 10.2. The monoisotopic (exact) mass is 298 g/mol. The van der Waals surface area contributed by atoms with Gasteiger partial charge in [-0.3, -0.25) is 9.69 Å². The zero-order chi connectivity index (χ0) is 15.8. The van der Waals surface area contributed by atoms with Crippen LogP contribution < -0.4 is 4.90 Å². The van der Waals surface area contributed by atoms with Gasteiger partial charge < -0.3 is 14.7 Å². The first-order valence-corrected chi connectivity index (χ1v) is 6.53. The molecule has 0 aliphatic heterocycles. The smallest absolute Gasteiger partial charge is 0.325 e. The zero-order valence-electron chi connectivity index (χ0n) is 12.1. The van der Waals surface area contributed by atoms with E-state index in [1.54, 1.807) is 13.0 Å². The van der Waals surface area contributed by atoms with Gasteiger partial charge >= 0.3 is 12.0 Å². The van der Waals surface area contributed by atoms with Gasteiger partial charge in [0.25, 0.3) is 0 Å². The molecule has 0 saturated carbocycles. The molecule has 21 heavy (non-hydrogen) atoms. The standard InChI is InChI=1S/C14H19FN2O4/c1-3-17(12-7-5-4-6-11(12)15)14(20)16(8-9-21-2)10-13(18)19/h4-7H,3,8-10H2,1-2H3,(H,18,19). The number of para-hydroxylation sites is 1. The number of hydrogen-bond acceptors (Lipinski definition) is 3. The van der Waals surface area contributed by atoms with Gasteiger partial charge in [-0.05, 0) is 19.1 Å². The van der Waals surface area contributed by atoms with Crippen molar-refractivity contribution >= 4 is 17.7 Å². The lowest BCUT2D eigenvalue weighted by molar-refractivity contribution is -0.137. The number of carboxylic acids is 1. The summed E-state index contributed by atoms with van der Waals surface area (Å²) in [5.41, 5.74) is 0.123. The number of carbonyl (C=O) groups excluding carboxylic acids is 1. The highest BCUT2D eigenvalue weighted by Gasteiger charge is 2.24. The molecular formula is C14H19FN2O4. The lowest BCUT2D eigenvalue weighted by atomic mass is 10.2. The maximum atomic E-state index is 13.8. The average Bonchev–Trinajstić information content (AvgIpc) is 2.45. The van der Waals surface area contributed by atoms with Gasteiger partial charge in [0, 0.05) is 20.2 Å². The van der Waals surface area contributed by atoms with Gasteiger partial charge in [0.1, 0.15) is 12.4 Å². The maximum absolute atomic E-state index is 13.8. The highest BCUT2D eigenvalue weighted by atomic mass is 19.1. The Labute approximate surface area is 122 Å². The number of urea groups is 1. The van der Waals surface area contributed by atoms with Crippen molar-refractivity contribution in [2.24, 2.45) is 0 Å².